The van der Waals surface area contributed by atoms with Gasteiger partial charge in [-0.15, -0.1) is 0 Å². The number of quaternary nitrogens is 1. The Hall–Kier alpha value is -2.63. The van der Waals surface area contributed by atoms with Gasteiger partial charge < -0.3 is 15.7 Å². The molecule has 1 heterocycles. The summed E-state index contributed by atoms with van der Waals surface area (Å²) in [5.41, 5.74) is 4.60. The molecular weight excluding hydrogens is 431 g/mol. The number of halogens is 2. The fourth-order valence-corrected chi connectivity index (χ4v) is 4.08. The number of aryl methyl sites for hydroxylation is 1. The van der Waals surface area contributed by atoms with Gasteiger partial charge in [-0.2, -0.15) is 0 Å². The van der Waals surface area contributed by atoms with Crippen molar-refractivity contribution in [2.24, 2.45) is 0 Å². The summed E-state index contributed by atoms with van der Waals surface area (Å²) < 4.78 is 15.4. The van der Waals surface area contributed by atoms with E-state index >= 15 is 0 Å². The summed E-state index contributed by atoms with van der Waals surface area (Å²) in [6.45, 7) is 2.13. The Labute approximate surface area is 178 Å². The second-order valence-electron chi connectivity index (χ2n) is 7.20. The Morgan fingerprint density at radius 3 is 2.52 bits per heavy atom. The molecular formula is C24H23BrFN2O+. The van der Waals surface area contributed by atoms with E-state index in [1.165, 1.54) is 11.6 Å². The topological polar surface area (TPSA) is 48.9 Å². The van der Waals surface area contributed by atoms with Gasteiger partial charge in [-0.25, -0.2) is 4.39 Å². The highest BCUT2D eigenvalue weighted by Gasteiger charge is 2.30. The van der Waals surface area contributed by atoms with E-state index in [0.717, 1.165) is 27.7 Å². The fraction of sp³-hybridized carbons (Fsp3) is 0.167. The van der Waals surface area contributed by atoms with Crippen molar-refractivity contribution < 1.29 is 14.8 Å². The summed E-state index contributed by atoms with van der Waals surface area (Å²) in [6.07, 6.45) is 2.75. The van der Waals surface area contributed by atoms with Crippen LogP contribution in [0.1, 0.15) is 41.4 Å². The lowest BCUT2D eigenvalue weighted by atomic mass is 9.97. The first-order chi connectivity index (χ1) is 14.0. The maximum Gasteiger partial charge on any atom is 0.189 e. The molecule has 0 spiro atoms. The molecule has 0 aliphatic carbocycles. The largest absolute Gasteiger partial charge is 0.507 e. The molecule has 1 aliphatic heterocycles. The molecule has 0 bridgehead atoms. The van der Waals surface area contributed by atoms with Gasteiger partial charge in [0.25, 0.3) is 0 Å². The van der Waals surface area contributed by atoms with Crippen molar-refractivity contribution in [1.82, 2.24) is 5.32 Å². The van der Waals surface area contributed by atoms with Crippen molar-refractivity contribution in [1.29, 1.82) is 0 Å². The van der Waals surface area contributed by atoms with E-state index in [0.29, 0.717) is 5.56 Å². The summed E-state index contributed by atoms with van der Waals surface area (Å²) in [5, 5.41) is 16.0. The van der Waals surface area contributed by atoms with Crippen LogP contribution in [0.25, 0.3) is 5.70 Å². The monoisotopic (exact) mass is 453 g/mol. The second-order valence-corrected chi connectivity index (χ2v) is 8.11. The van der Waals surface area contributed by atoms with E-state index in [4.69, 9.17) is 0 Å². The van der Waals surface area contributed by atoms with Gasteiger partial charge in [-0.1, -0.05) is 59.3 Å². The van der Waals surface area contributed by atoms with Crippen LogP contribution in [0.4, 0.5) is 4.39 Å². The zero-order valence-corrected chi connectivity index (χ0v) is 17.7. The Bertz CT molecular complexity index is 1050. The van der Waals surface area contributed by atoms with E-state index < -0.39 is 0 Å². The van der Waals surface area contributed by atoms with Crippen molar-refractivity contribution in [3.63, 3.8) is 0 Å². The Morgan fingerprint density at radius 2 is 1.79 bits per heavy atom. The average molecular weight is 454 g/mol. The minimum Gasteiger partial charge on any atom is -0.507 e. The van der Waals surface area contributed by atoms with E-state index in [9.17, 15) is 9.50 Å². The SMILES string of the molecule is CCc1ccc(C2=CC(c3cc(Br)ccc3O)[NH2+]C(c3ccccc3F)N2)cc1. The molecule has 0 amide bonds. The number of hydrogen-bond donors (Lipinski definition) is 3. The van der Waals surface area contributed by atoms with E-state index in [-0.39, 0.29) is 23.8 Å². The third-order valence-electron chi connectivity index (χ3n) is 5.32. The molecule has 3 aromatic rings. The first-order valence-electron chi connectivity index (χ1n) is 9.70. The Balaban J connectivity index is 1.78. The molecule has 0 radical (unpaired) electrons. The van der Waals surface area contributed by atoms with Gasteiger partial charge in [0.15, 0.2) is 6.17 Å². The van der Waals surface area contributed by atoms with Gasteiger partial charge in [-0.05, 0) is 47.9 Å². The maximum absolute atomic E-state index is 14.5. The third-order valence-corrected chi connectivity index (χ3v) is 5.81. The average Bonchev–Trinajstić information content (AvgIpc) is 2.75. The highest BCUT2D eigenvalue weighted by Crippen LogP contribution is 2.31. The maximum atomic E-state index is 14.5. The molecule has 29 heavy (non-hydrogen) atoms. The van der Waals surface area contributed by atoms with Crippen molar-refractivity contribution >= 4 is 21.6 Å². The predicted octanol–water partition coefficient (Wildman–Crippen LogP) is 4.80. The van der Waals surface area contributed by atoms with Crippen LogP contribution in [-0.2, 0) is 6.42 Å². The molecule has 4 rings (SSSR count). The van der Waals surface area contributed by atoms with E-state index in [1.807, 2.05) is 23.5 Å². The highest BCUT2D eigenvalue weighted by molar-refractivity contribution is 9.10. The normalized spacial score (nSPS) is 18.8. The molecule has 2 atom stereocenters. The first kappa shape index (κ1) is 19.7. The molecule has 5 heteroatoms. The Kier molecular flexibility index (Phi) is 5.69. The van der Waals surface area contributed by atoms with Crippen molar-refractivity contribution in [2.45, 2.75) is 25.6 Å². The van der Waals surface area contributed by atoms with Gasteiger partial charge >= 0.3 is 0 Å². The van der Waals surface area contributed by atoms with Crippen LogP contribution in [0.15, 0.2) is 77.3 Å². The van der Waals surface area contributed by atoms with Crippen molar-refractivity contribution in [3.05, 3.63) is 105 Å². The molecule has 0 fully saturated rings. The third kappa shape index (κ3) is 4.21. The fourth-order valence-electron chi connectivity index (χ4n) is 3.70. The van der Waals surface area contributed by atoms with Gasteiger partial charge in [0.1, 0.15) is 17.6 Å². The molecule has 4 N–H and O–H groups in total. The molecule has 0 saturated carbocycles. The van der Waals surface area contributed by atoms with Crippen LogP contribution in [0.5, 0.6) is 5.75 Å². The predicted molar refractivity (Wildman–Crippen MR) is 117 cm³/mol. The van der Waals surface area contributed by atoms with Gasteiger partial charge in [-0.3, -0.25) is 0 Å². The summed E-state index contributed by atoms with van der Waals surface area (Å²) in [6, 6.07) is 20.4. The summed E-state index contributed by atoms with van der Waals surface area (Å²) in [4.78, 5) is 0. The van der Waals surface area contributed by atoms with Gasteiger partial charge in [0.05, 0.1) is 11.1 Å². The van der Waals surface area contributed by atoms with Gasteiger partial charge in [0, 0.05) is 16.2 Å². The van der Waals surface area contributed by atoms with Crippen molar-refractivity contribution in [3.8, 4) is 5.75 Å². The standard InChI is InChI=1S/C24H22BrFN2O/c1-2-15-7-9-16(10-8-15)21-14-22(19-13-17(25)11-12-23(19)29)28-24(27-21)18-5-3-4-6-20(18)26/h3-14,22,24,27-29H,2H2,1H3/p+1. The van der Waals surface area contributed by atoms with Crippen LogP contribution in [-0.4, -0.2) is 5.11 Å². The number of rotatable bonds is 4. The smallest absolute Gasteiger partial charge is 0.189 e. The second kappa shape index (κ2) is 8.39. The highest BCUT2D eigenvalue weighted by atomic mass is 79.9. The zero-order chi connectivity index (χ0) is 20.4. The van der Waals surface area contributed by atoms with E-state index in [2.05, 4.69) is 58.5 Å². The quantitative estimate of drug-likeness (QED) is 0.531. The molecule has 2 unspecified atom stereocenters. The summed E-state index contributed by atoms with van der Waals surface area (Å²) in [7, 11) is 0. The number of phenols is 1. The van der Waals surface area contributed by atoms with E-state index in [1.54, 1.807) is 18.2 Å². The lowest BCUT2D eigenvalue weighted by molar-refractivity contribution is -0.731. The van der Waals surface area contributed by atoms with Crippen LogP contribution >= 0.6 is 15.9 Å². The summed E-state index contributed by atoms with van der Waals surface area (Å²) >= 11 is 3.49. The van der Waals surface area contributed by atoms with Crippen LogP contribution in [0, 0.1) is 5.82 Å². The number of nitrogens with two attached hydrogens (primary N) is 1. The molecule has 0 saturated heterocycles. The number of benzene rings is 3. The zero-order valence-electron chi connectivity index (χ0n) is 16.1. The summed E-state index contributed by atoms with van der Waals surface area (Å²) in [5.74, 6) is -0.0263. The number of phenolic OH excluding ortho intramolecular Hbond substituents is 1. The lowest BCUT2D eigenvalue weighted by Gasteiger charge is -2.30. The molecule has 1 aliphatic rings. The van der Waals surface area contributed by atoms with Gasteiger partial charge in [0.2, 0.25) is 0 Å². The van der Waals surface area contributed by atoms with Crippen LogP contribution in [0.3, 0.4) is 0 Å². The first-order valence-corrected chi connectivity index (χ1v) is 10.5. The molecule has 0 aromatic heterocycles. The molecule has 148 valence electrons. The van der Waals surface area contributed by atoms with Crippen molar-refractivity contribution in [2.75, 3.05) is 0 Å². The lowest BCUT2D eigenvalue weighted by Crippen LogP contribution is -2.90. The number of nitrogens with one attached hydrogen (secondary N) is 1. The van der Waals surface area contributed by atoms with Crippen LogP contribution in [0.2, 0.25) is 0 Å². The molecule has 3 aromatic carbocycles. The minimum absolute atomic E-state index is 0.167. The minimum atomic E-state index is -0.314. The number of hydrogen-bond acceptors (Lipinski definition) is 2. The van der Waals surface area contributed by atoms with Crippen LogP contribution < -0.4 is 10.6 Å². The number of aromatic hydroxyl groups is 1. The Morgan fingerprint density at radius 1 is 1.03 bits per heavy atom. The molecule has 3 nitrogen and oxygen atoms in total.